The third-order valence-electron chi connectivity index (χ3n) is 1.09. The molecule has 0 radical (unpaired) electrons. The number of nitrogens with one attached hydrogen (secondary N) is 1. The fourth-order valence-electron chi connectivity index (χ4n) is 0.645. The van der Waals surface area contributed by atoms with Crippen molar-refractivity contribution in [2.45, 2.75) is 6.42 Å². The van der Waals surface area contributed by atoms with Crippen LogP contribution < -0.4 is 0 Å². The smallest absolute Gasteiger partial charge is 0.0536 e. The molecule has 1 aliphatic carbocycles. The average Bonchev–Trinajstić information content (AvgIpc) is 1.79. The van der Waals surface area contributed by atoms with Gasteiger partial charge in [-0.3, -0.25) is 0 Å². The van der Waals surface area contributed by atoms with Gasteiger partial charge in [0.25, 0.3) is 0 Å². The van der Waals surface area contributed by atoms with Crippen molar-refractivity contribution in [1.29, 1.82) is 5.41 Å². The summed E-state index contributed by atoms with van der Waals surface area (Å²) in [5.41, 5.74) is 0.569. The minimum atomic E-state index is 0.569. The van der Waals surface area contributed by atoms with E-state index in [1.54, 1.807) is 12.2 Å². The fourth-order valence-corrected chi connectivity index (χ4v) is 0.645. The SMILES string of the molecule is N=C1C=C/C=C\C/C=C\1. The van der Waals surface area contributed by atoms with Gasteiger partial charge >= 0.3 is 0 Å². The molecule has 1 nitrogen and oxygen atoms in total. The highest BCUT2D eigenvalue weighted by atomic mass is 14.4. The molecule has 0 bridgehead atoms. The molecule has 0 aromatic carbocycles. The van der Waals surface area contributed by atoms with Crippen LogP contribution in [0.25, 0.3) is 0 Å². The first-order valence-electron chi connectivity index (χ1n) is 2.98. The number of hydrogen-bond acceptors (Lipinski definition) is 1. The van der Waals surface area contributed by atoms with E-state index in [2.05, 4.69) is 6.08 Å². The third-order valence-corrected chi connectivity index (χ3v) is 1.09. The monoisotopic (exact) mass is 119 g/mol. The lowest BCUT2D eigenvalue weighted by molar-refractivity contribution is 1.39. The van der Waals surface area contributed by atoms with E-state index in [0.717, 1.165) is 6.42 Å². The Bertz CT molecular complexity index is 185. The van der Waals surface area contributed by atoms with E-state index in [1.165, 1.54) is 0 Å². The number of allylic oxidation sites excluding steroid dienone is 6. The molecule has 46 valence electrons. The summed E-state index contributed by atoms with van der Waals surface area (Å²) in [6.07, 6.45) is 12.4. The van der Waals surface area contributed by atoms with Crippen LogP contribution in [0.3, 0.4) is 0 Å². The van der Waals surface area contributed by atoms with Crippen LogP contribution in [0.2, 0.25) is 0 Å². The largest absolute Gasteiger partial charge is 0.301 e. The van der Waals surface area contributed by atoms with Crippen LogP contribution in [0.4, 0.5) is 0 Å². The summed E-state index contributed by atoms with van der Waals surface area (Å²) < 4.78 is 0. The summed E-state index contributed by atoms with van der Waals surface area (Å²) in [4.78, 5) is 0. The molecule has 0 aromatic rings. The lowest BCUT2D eigenvalue weighted by atomic mass is 10.2. The van der Waals surface area contributed by atoms with Crippen molar-refractivity contribution in [2.24, 2.45) is 0 Å². The first kappa shape index (κ1) is 6.02. The van der Waals surface area contributed by atoms with Crippen LogP contribution in [0.15, 0.2) is 36.5 Å². The third kappa shape index (κ3) is 2.08. The Morgan fingerprint density at radius 3 is 2.89 bits per heavy atom. The summed E-state index contributed by atoms with van der Waals surface area (Å²) in [7, 11) is 0. The zero-order valence-electron chi connectivity index (χ0n) is 5.17. The van der Waals surface area contributed by atoms with Gasteiger partial charge in [0.1, 0.15) is 0 Å². The Balaban J connectivity index is 2.72. The maximum Gasteiger partial charge on any atom is 0.0536 e. The van der Waals surface area contributed by atoms with Crippen molar-refractivity contribution in [3.63, 3.8) is 0 Å². The van der Waals surface area contributed by atoms with E-state index in [4.69, 9.17) is 5.41 Å². The van der Waals surface area contributed by atoms with E-state index in [-0.39, 0.29) is 0 Å². The second-order valence-electron chi connectivity index (χ2n) is 1.88. The Labute approximate surface area is 54.9 Å². The molecule has 1 N–H and O–H groups in total. The van der Waals surface area contributed by atoms with E-state index >= 15 is 0 Å². The number of hydrogen-bond donors (Lipinski definition) is 1. The minimum Gasteiger partial charge on any atom is -0.301 e. The lowest BCUT2D eigenvalue weighted by Crippen LogP contribution is -1.83. The first-order chi connectivity index (χ1) is 4.39. The van der Waals surface area contributed by atoms with Crippen LogP contribution in [-0.4, -0.2) is 5.71 Å². The molecule has 1 aliphatic rings. The van der Waals surface area contributed by atoms with Crippen molar-refractivity contribution in [3.05, 3.63) is 36.5 Å². The molecule has 9 heavy (non-hydrogen) atoms. The highest BCUT2D eigenvalue weighted by molar-refractivity contribution is 6.01. The lowest BCUT2D eigenvalue weighted by Gasteiger charge is -1.88. The van der Waals surface area contributed by atoms with Gasteiger partial charge in [0.15, 0.2) is 0 Å². The van der Waals surface area contributed by atoms with Gasteiger partial charge in [-0.1, -0.05) is 24.3 Å². The van der Waals surface area contributed by atoms with Crippen LogP contribution in [-0.2, 0) is 0 Å². The van der Waals surface area contributed by atoms with Gasteiger partial charge in [-0.05, 0) is 18.6 Å². The first-order valence-corrected chi connectivity index (χ1v) is 2.98. The second-order valence-corrected chi connectivity index (χ2v) is 1.88. The Morgan fingerprint density at radius 1 is 1.11 bits per heavy atom. The van der Waals surface area contributed by atoms with Gasteiger partial charge < -0.3 is 5.41 Å². The van der Waals surface area contributed by atoms with E-state index < -0.39 is 0 Å². The molecule has 0 spiro atoms. The van der Waals surface area contributed by atoms with Gasteiger partial charge in [-0.15, -0.1) is 0 Å². The van der Waals surface area contributed by atoms with E-state index in [9.17, 15) is 0 Å². The summed E-state index contributed by atoms with van der Waals surface area (Å²) in [5.74, 6) is 0. The predicted octanol–water partition coefficient (Wildman–Crippen LogP) is 2.08. The molecule has 0 atom stereocenters. The van der Waals surface area contributed by atoms with Crippen LogP contribution in [0.1, 0.15) is 6.42 Å². The quantitative estimate of drug-likeness (QED) is 0.504. The van der Waals surface area contributed by atoms with Gasteiger partial charge in [0.05, 0.1) is 5.71 Å². The summed E-state index contributed by atoms with van der Waals surface area (Å²) >= 11 is 0. The van der Waals surface area contributed by atoms with Gasteiger partial charge in [0.2, 0.25) is 0 Å². The zero-order valence-corrected chi connectivity index (χ0v) is 5.17. The molecule has 0 fully saturated rings. The molecule has 0 unspecified atom stereocenters. The van der Waals surface area contributed by atoms with Crippen LogP contribution >= 0.6 is 0 Å². The average molecular weight is 119 g/mol. The van der Waals surface area contributed by atoms with E-state index in [1.807, 2.05) is 18.2 Å². The Hall–Kier alpha value is -1.11. The molecular weight excluding hydrogens is 110 g/mol. The van der Waals surface area contributed by atoms with Crippen LogP contribution in [0, 0.1) is 5.41 Å². The second kappa shape index (κ2) is 3.02. The Morgan fingerprint density at radius 2 is 2.00 bits per heavy atom. The molecular formula is C8H9N. The molecule has 0 amide bonds. The van der Waals surface area contributed by atoms with Crippen molar-refractivity contribution in [1.82, 2.24) is 0 Å². The number of rotatable bonds is 0. The highest BCUT2D eigenvalue weighted by Crippen LogP contribution is 1.93. The fraction of sp³-hybridized carbons (Fsp3) is 0.125. The molecule has 0 aromatic heterocycles. The summed E-state index contributed by atoms with van der Waals surface area (Å²) in [5, 5.41) is 7.22. The van der Waals surface area contributed by atoms with Gasteiger partial charge in [-0.25, -0.2) is 0 Å². The topological polar surface area (TPSA) is 23.9 Å². The molecule has 1 heteroatoms. The molecule has 0 aliphatic heterocycles. The highest BCUT2D eigenvalue weighted by Gasteiger charge is 1.82. The van der Waals surface area contributed by atoms with Crippen molar-refractivity contribution in [2.75, 3.05) is 0 Å². The molecule has 1 rings (SSSR count). The predicted molar refractivity (Wildman–Crippen MR) is 39.8 cm³/mol. The van der Waals surface area contributed by atoms with Crippen molar-refractivity contribution >= 4 is 5.71 Å². The zero-order chi connectivity index (χ0) is 6.53. The van der Waals surface area contributed by atoms with Crippen LogP contribution in [0.5, 0.6) is 0 Å². The molecule has 0 saturated heterocycles. The minimum absolute atomic E-state index is 0.569. The standard InChI is InChI=1S/C8H9N/c9-8-6-4-2-1-3-5-7-8/h1-2,4-7,9H,3H2/b2-1-,6-4?,7-5-,9-8?. The Kier molecular flexibility index (Phi) is 2.02. The summed E-state index contributed by atoms with van der Waals surface area (Å²) in [6.45, 7) is 0. The van der Waals surface area contributed by atoms with Crippen molar-refractivity contribution < 1.29 is 0 Å². The normalized spacial score (nSPS) is 24.7. The van der Waals surface area contributed by atoms with Crippen molar-refractivity contribution in [3.8, 4) is 0 Å². The molecule has 0 heterocycles. The maximum absolute atomic E-state index is 7.22. The van der Waals surface area contributed by atoms with Gasteiger partial charge in [0, 0.05) is 0 Å². The summed E-state index contributed by atoms with van der Waals surface area (Å²) in [6, 6.07) is 0. The molecule has 0 saturated carbocycles. The maximum atomic E-state index is 7.22. The van der Waals surface area contributed by atoms with Gasteiger partial charge in [-0.2, -0.15) is 0 Å². The van der Waals surface area contributed by atoms with E-state index in [0.29, 0.717) is 5.71 Å².